The summed E-state index contributed by atoms with van der Waals surface area (Å²) in [6.45, 7) is 5.01. The Balaban J connectivity index is 2.71. The maximum Gasteiger partial charge on any atom is 0.349 e. The molecule has 1 rings (SSSR count). The third-order valence-electron chi connectivity index (χ3n) is 3.49. The molecule has 1 aliphatic rings. The van der Waals surface area contributed by atoms with E-state index in [-0.39, 0.29) is 5.97 Å². The Hall–Kier alpha value is -2.25. The van der Waals surface area contributed by atoms with E-state index in [0.717, 1.165) is 12.4 Å². The van der Waals surface area contributed by atoms with E-state index < -0.39 is 6.17 Å². The van der Waals surface area contributed by atoms with Crippen LogP contribution in [0.1, 0.15) is 13.8 Å². The van der Waals surface area contributed by atoms with Crippen molar-refractivity contribution < 1.29 is 9.53 Å². The largest absolute Gasteiger partial charge is 0.463 e. The second-order valence-corrected chi connectivity index (χ2v) is 5.21. The first-order chi connectivity index (χ1) is 10.3. The van der Waals surface area contributed by atoms with Gasteiger partial charge in [0.2, 0.25) is 6.17 Å². The summed E-state index contributed by atoms with van der Waals surface area (Å²) in [6, 6.07) is 0. The van der Waals surface area contributed by atoms with Crippen molar-refractivity contribution in [2.75, 3.05) is 41.3 Å². The van der Waals surface area contributed by atoms with Crippen molar-refractivity contribution >= 4 is 5.97 Å². The minimum Gasteiger partial charge on any atom is -0.463 e. The molecular formula is C14H28N6O2. The molecule has 0 radical (unpaired) electrons. The lowest BCUT2D eigenvalue weighted by atomic mass is 10.4. The fourth-order valence-electron chi connectivity index (χ4n) is 2.10. The number of ether oxygens (including phenoxy) is 1. The quantitative estimate of drug-likeness (QED) is 0.490. The molecule has 0 aliphatic carbocycles. The second kappa shape index (κ2) is 7.67. The van der Waals surface area contributed by atoms with Crippen LogP contribution in [0, 0.1) is 0 Å². The zero-order chi connectivity index (χ0) is 16.9. The molecule has 1 atom stereocenters. The second-order valence-electron chi connectivity index (χ2n) is 5.21. The Morgan fingerprint density at radius 3 is 2.64 bits per heavy atom. The van der Waals surface area contributed by atoms with Crippen molar-refractivity contribution in [3.8, 4) is 0 Å². The molecule has 0 aromatic heterocycles. The zero-order valence-electron chi connectivity index (χ0n) is 14.3. The number of carbonyl (C=O) groups excluding carboxylic acids is 1. The lowest BCUT2D eigenvalue weighted by Gasteiger charge is -2.29. The number of rotatable bonds is 7. The van der Waals surface area contributed by atoms with Gasteiger partial charge in [-0.25, -0.2) is 4.79 Å². The van der Waals surface area contributed by atoms with Gasteiger partial charge in [0.15, 0.2) is 0 Å². The minimum atomic E-state index is -0.463. The molecule has 0 aromatic rings. The molecule has 8 nitrogen and oxygen atoms in total. The van der Waals surface area contributed by atoms with Gasteiger partial charge >= 0.3 is 5.97 Å². The van der Waals surface area contributed by atoms with E-state index in [1.54, 1.807) is 23.0 Å². The summed E-state index contributed by atoms with van der Waals surface area (Å²) in [4.78, 5) is 17.5. The van der Waals surface area contributed by atoms with E-state index in [1.165, 1.54) is 0 Å². The Morgan fingerprint density at radius 1 is 1.45 bits per heavy atom. The molecule has 8 heteroatoms. The van der Waals surface area contributed by atoms with Crippen LogP contribution >= 0.6 is 0 Å². The standard InChI is InChI=1S/C14H28N6O2/c1-7-17(3)11(15)9-19(5)16-12-10-18(4)13(20(12)6)14(21)22-8-2/h9-10,13,16H,7-8,15H2,1-6H3/b11-9-. The molecule has 0 fully saturated rings. The summed E-state index contributed by atoms with van der Waals surface area (Å²) < 4.78 is 5.09. The van der Waals surface area contributed by atoms with Crippen molar-refractivity contribution in [1.29, 1.82) is 0 Å². The van der Waals surface area contributed by atoms with Gasteiger partial charge in [0, 0.05) is 40.9 Å². The molecule has 0 amide bonds. The molecule has 0 bridgehead atoms. The number of hydrogen-bond acceptors (Lipinski definition) is 8. The van der Waals surface area contributed by atoms with Gasteiger partial charge in [-0.1, -0.05) is 0 Å². The number of esters is 1. The van der Waals surface area contributed by atoms with Gasteiger partial charge in [-0.3, -0.25) is 10.4 Å². The van der Waals surface area contributed by atoms with Crippen LogP contribution in [0.15, 0.2) is 24.0 Å². The van der Waals surface area contributed by atoms with Crippen LogP contribution in [-0.4, -0.2) is 73.2 Å². The monoisotopic (exact) mass is 312 g/mol. The minimum absolute atomic E-state index is 0.274. The highest BCUT2D eigenvalue weighted by atomic mass is 16.5. The van der Waals surface area contributed by atoms with Crippen LogP contribution in [0.25, 0.3) is 0 Å². The predicted octanol–water partition coefficient (Wildman–Crippen LogP) is -0.303. The Kier molecular flexibility index (Phi) is 6.21. The highest BCUT2D eigenvalue weighted by Gasteiger charge is 2.34. The SMILES string of the molecule is CCOC(=O)C1N(C)C=C(NN(C)/C=C(/N)N(C)CC)N1C. The molecule has 0 spiro atoms. The summed E-state index contributed by atoms with van der Waals surface area (Å²) in [5, 5.41) is 1.76. The summed E-state index contributed by atoms with van der Waals surface area (Å²) in [5.74, 6) is 1.16. The molecule has 126 valence electrons. The summed E-state index contributed by atoms with van der Waals surface area (Å²) in [5.41, 5.74) is 9.15. The highest BCUT2D eigenvalue weighted by Crippen LogP contribution is 2.18. The number of likely N-dealkylation sites (N-methyl/N-ethyl adjacent to an activating group) is 2. The van der Waals surface area contributed by atoms with Gasteiger partial charge in [0.1, 0.15) is 11.6 Å². The van der Waals surface area contributed by atoms with Crippen LogP contribution < -0.4 is 11.2 Å². The van der Waals surface area contributed by atoms with Crippen LogP contribution in [0.3, 0.4) is 0 Å². The fourth-order valence-corrected chi connectivity index (χ4v) is 2.10. The summed E-state index contributed by atoms with van der Waals surface area (Å²) in [6.07, 6.45) is 3.18. The van der Waals surface area contributed by atoms with Crippen LogP contribution in [0.5, 0.6) is 0 Å². The maximum absolute atomic E-state index is 12.0. The topological polar surface area (TPSA) is 77.3 Å². The van der Waals surface area contributed by atoms with Gasteiger partial charge in [0.25, 0.3) is 0 Å². The number of nitrogens with zero attached hydrogens (tertiary/aromatic N) is 4. The van der Waals surface area contributed by atoms with E-state index in [0.29, 0.717) is 12.4 Å². The number of nitrogens with two attached hydrogens (primary N) is 1. The maximum atomic E-state index is 12.0. The number of nitrogens with one attached hydrogen (secondary N) is 1. The smallest absolute Gasteiger partial charge is 0.349 e. The summed E-state index contributed by atoms with van der Waals surface area (Å²) >= 11 is 0. The molecule has 0 saturated carbocycles. The van der Waals surface area contributed by atoms with Crippen molar-refractivity contribution in [2.24, 2.45) is 5.73 Å². The van der Waals surface area contributed by atoms with Crippen molar-refractivity contribution in [2.45, 2.75) is 20.0 Å². The molecule has 1 unspecified atom stereocenters. The van der Waals surface area contributed by atoms with Crippen LogP contribution in [-0.2, 0) is 9.53 Å². The average Bonchev–Trinajstić information content (AvgIpc) is 2.72. The van der Waals surface area contributed by atoms with Crippen molar-refractivity contribution in [3.63, 3.8) is 0 Å². The normalized spacial score (nSPS) is 18.2. The van der Waals surface area contributed by atoms with Gasteiger partial charge < -0.3 is 25.2 Å². The molecule has 0 saturated heterocycles. The van der Waals surface area contributed by atoms with Crippen LogP contribution in [0.2, 0.25) is 0 Å². The molecule has 3 N–H and O–H groups in total. The van der Waals surface area contributed by atoms with E-state index >= 15 is 0 Å². The number of carbonyl (C=O) groups is 1. The molecule has 1 aliphatic heterocycles. The highest BCUT2D eigenvalue weighted by molar-refractivity contribution is 5.76. The van der Waals surface area contributed by atoms with Gasteiger partial charge in [-0.05, 0) is 13.8 Å². The van der Waals surface area contributed by atoms with Gasteiger partial charge in [-0.15, -0.1) is 0 Å². The summed E-state index contributed by atoms with van der Waals surface area (Å²) in [7, 11) is 7.44. The first-order valence-electron chi connectivity index (χ1n) is 7.32. The van der Waals surface area contributed by atoms with Gasteiger partial charge in [-0.2, -0.15) is 0 Å². The molecular weight excluding hydrogens is 284 g/mol. The molecule has 1 heterocycles. The lowest BCUT2D eigenvalue weighted by molar-refractivity contribution is -0.152. The molecule has 22 heavy (non-hydrogen) atoms. The van der Waals surface area contributed by atoms with Crippen molar-refractivity contribution in [3.05, 3.63) is 24.0 Å². The number of hydrogen-bond donors (Lipinski definition) is 2. The van der Waals surface area contributed by atoms with Crippen LogP contribution in [0.4, 0.5) is 0 Å². The van der Waals surface area contributed by atoms with E-state index in [9.17, 15) is 4.79 Å². The first kappa shape index (κ1) is 17.8. The van der Waals surface area contributed by atoms with Gasteiger partial charge in [0.05, 0.1) is 12.8 Å². The zero-order valence-corrected chi connectivity index (χ0v) is 14.3. The third-order valence-corrected chi connectivity index (χ3v) is 3.49. The first-order valence-corrected chi connectivity index (χ1v) is 7.32. The Bertz CT molecular complexity index is 451. The van der Waals surface area contributed by atoms with Crippen molar-refractivity contribution in [1.82, 2.24) is 25.1 Å². The Morgan fingerprint density at radius 2 is 2.09 bits per heavy atom. The lowest BCUT2D eigenvalue weighted by Crippen LogP contribution is -2.46. The van der Waals surface area contributed by atoms with E-state index in [1.807, 2.05) is 51.1 Å². The average molecular weight is 312 g/mol. The fraction of sp³-hybridized carbons (Fsp3) is 0.643. The Labute approximate surface area is 132 Å². The van der Waals surface area contributed by atoms with E-state index in [2.05, 4.69) is 5.43 Å². The number of hydrazine groups is 1. The predicted molar refractivity (Wildman–Crippen MR) is 85.5 cm³/mol. The third kappa shape index (κ3) is 4.12. The van der Waals surface area contributed by atoms with E-state index in [4.69, 9.17) is 10.5 Å². The molecule has 0 aromatic carbocycles.